The fourth-order valence-corrected chi connectivity index (χ4v) is 2.24. The number of anilines is 2. The van der Waals surface area contributed by atoms with Gasteiger partial charge in [0, 0.05) is 13.1 Å². The number of pyridine rings is 1. The molecule has 0 bridgehead atoms. The van der Waals surface area contributed by atoms with Gasteiger partial charge in [-0.25, -0.2) is 9.78 Å². The Kier molecular flexibility index (Phi) is 4.07. The molecule has 1 fully saturated rings. The smallest absolute Gasteiger partial charge is 0.339 e. The van der Waals surface area contributed by atoms with Gasteiger partial charge in [0.1, 0.15) is 17.4 Å². The number of likely N-dealkylation sites (tertiary alicyclic amines) is 1. The molecule has 108 valence electrons. The minimum Gasteiger partial charge on any atom is -0.478 e. The number of hydrogen-bond acceptors (Lipinski definition) is 5. The van der Waals surface area contributed by atoms with Crippen molar-refractivity contribution in [2.45, 2.75) is 25.8 Å². The molecule has 1 aromatic rings. The second-order valence-electron chi connectivity index (χ2n) is 4.87. The van der Waals surface area contributed by atoms with Gasteiger partial charge in [0.15, 0.2) is 0 Å². The number of nitrogens with two attached hydrogens (primary N) is 1. The van der Waals surface area contributed by atoms with Gasteiger partial charge in [-0.2, -0.15) is 0 Å². The molecule has 1 atom stereocenters. The van der Waals surface area contributed by atoms with Crippen LogP contribution in [-0.2, 0) is 4.79 Å². The topological polar surface area (TPSA) is 109 Å². The number of carbonyl (C=O) groups is 2. The van der Waals surface area contributed by atoms with E-state index in [-0.39, 0.29) is 23.0 Å². The van der Waals surface area contributed by atoms with Crippen LogP contribution in [0.4, 0.5) is 11.5 Å². The molecular weight excluding hydrogens is 260 g/mol. The Morgan fingerprint density at radius 2 is 2.10 bits per heavy atom. The van der Waals surface area contributed by atoms with Crippen molar-refractivity contribution in [3.63, 3.8) is 0 Å². The largest absolute Gasteiger partial charge is 0.478 e. The number of amides is 1. The zero-order valence-electron chi connectivity index (χ0n) is 11.3. The van der Waals surface area contributed by atoms with Gasteiger partial charge in [-0.15, -0.1) is 0 Å². The van der Waals surface area contributed by atoms with Gasteiger partial charge in [-0.05, 0) is 25.8 Å². The minimum absolute atomic E-state index is 0.0360. The van der Waals surface area contributed by atoms with Crippen LogP contribution in [0.5, 0.6) is 0 Å². The van der Waals surface area contributed by atoms with E-state index in [1.54, 1.807) is 11.8 Å². The highest BCUT2D eigenvalue weighted by atomic mass is 16.4. The maximum atomic E-state index is 12.2. The van der Waals surface area contributed by atoms with Crippen LogP contribution < -0.4 is 11.1 Å². The second kappa shape index (κ2) is 5.77. The zero-order chi connectivity index (χ0) is 14.7. The molecule has 0 saturated carbocycles. The Hall–Kier alpha value is -2.31. The van der Waals surface area contributed by atoms with E-state index in [0.29, 0.717) is 0 Å². The summed E-state index contributed by atoms with van der Waals surface area (Å²) in [4.78, 5) is 29.0. The Bertz CT molecular complexity index is 526. The molecule has 0 spiro atoms. The molecule has 0 aromatic carbocycles. The molecule has 1 aliphatic heterocycles. The predicted molar refractivity (Wildman–Crippen MR) is 74.5 cm³/mol. The van der Waals surface area contributed by atoms with E-state index in [0.717, 1.165) is 25.9 Å². The first-order chi connectivity index (χ1) is 9.49. The monoisotopic (exact) mass is 278 g/mol. The Morgan fingerprint density at radius 3 is 2.70 bits per heavy atom. The van der Waals surface area contributed by atoms with Crippen molar-refractivity contribution in [1.29, 1.82) is 0 Å². The predicted octanol–water partition coefficient (Wildman–Crippen LogP) is 0.785. The fraction of sp³-hybridized carbons (Fsp3) is 0.462. The first-order valence-corrected chi connectivity index (χ1v) is 6.53. The van der Waals surface area contributed by atoms with Crippen LogP contribution >= 0.6 is 0 Å². The van der Waals surface area contributed by atoms with Crippen molar-refractivity contribution in [1.82, 2.24) is 9.88 Å². The summed E-state index contributed by atoms with van der Waals surface area (Å²) in [7, 11) is 0. The van der Waals surface area contributed by atoms with Crippen LogP contribution in [0.25, 0.3) is 0 Å². The third kappa shape index (κ3) is 2.98. The molecule has 20 heavy (non-hydrogen) atoms. The summed E-state index contributed by atoms with van der Waals surface area (Å²) in [6, 6.07) is 0.798. The highest BCUT2D eigenvalue weighted by Crippen LogP contribution is 2.17. The SMILES string of the molecule is CC(Nc1ncc(N)cc1C(=O)O)C(=O)N1CCCC1. The summed E-state index contributed by atoms with van der Waals surface area (Å²) in [6.45, 7) is 3.21. The molecule has 2 heterocycles. The molecule has 7 heteroatoms. The average Bonchev–Trinajstić information content (AvgIpc) is 2.93. The standard InChI is InChI=1S/C13H18N4O3/c1-8(12(18)17-4-2-3-5-17)16-11-10(13(19)20)6-9(14)7-15-11/h6-8H,2-5,14H2,1H3,(H,15,16)(H,19,20). The lowest BCUT2D eigenvalue weighted by Gasteiger charge is -2.22. The average molecular weight is 278 g/mol. The molecular formula is C13H18N4O3. The number of rotatable bonds is 4. The quantitative estimate of drug-likeness (QED) is 0.751. The van der Waals surface area contributed by atoms with Gasteiger partial charge < -0.3 is 21.1 Å². The minimum atomic E-state index is -1.13. The van der Waals surface area contributed by atoms with Gasteiger partial charge in [0.2, 0.25) is 5.91 Å². The van der Waals surface area contributed by atoms with Gasteiger partial charge in [-0.3, -0.25) is 4.79 Å². The number of carboxylic acid groups (broad SMARTS) is 1. The highest BCUT2D eigenvalue weighted by Gasteiger charge is 2.24. The van der Waals surface area contributed by atoms with Crippen LogP contribution in [0.15, 0.2) is 12.3 Å². The van der Waals surface area contributed by atoms with Crippen molar-refractivity contribution in [3.8, 4) is 0 Å². The summed E-state index contributed by atoms with van der Waals surface area (Å²) in [5.74, 6) is -1.02. The Morgan fingerprint density at radius 1 is 1.45 bits per heavy atom. The molecule has 2 rings (SSSR count). The lowest BCUT2D eigenvalue weighted by Crippen LogP contribution is -2.40. The lowest BCUT2D eigenvalue weighted by molar-refractivity contribution is -0.130. The summed E-state index contributed by atoms with van der Waals surface area (Å²) in [6.07, 6.45) is 3.39. The number of nitrogens with zero attached hydrogens (tertiary/aromatic N) is 2. The van der Waals surface area contributed by atoms with Gasteiger partial charge in [0.05, 0.1) is 11.9 Å². The van der Waals surface area contributed by atoms with Gasteiger partial charge >= 0.3 is 5.97 Å². The molecule has 1 unspecified atom stereocenters. The first-order valence-electron chi connectivity index (χ1n) is 6.53. The molecule has 4 N–H and O–H groups in total. The van der Waals surface area contributed by atoms with Crippen molar-refractivity contribution < 1.29 is 14.7 Å². The fourth-order valence-electron chi connectivity index (χ4n) is 2.24. The Balaban J connectivity index is 2.12. The summed E-state index contributed by atoms with van der Waals surface area (Å²) >= 11 is 0. The van der Waals surface area contributed by atoms with Crippen molar-refractivity contribution in [2.75, 3.05) is 24.1 Å². The third-order valence-electron chi connectivity index (χ3n) is 3.28. The Labute approximate surface area is 116 Å². The van der Waals surface area contributed by atoms with E-state index in [1.165, 1.54) is 12.3 Å². The second-order valence-corrected chi connectivity index (χ2v) is 4.87. The summed E-state index contributed by atoms with van der Waals surface area (Å²) < 4.78 is 0. The van der Waals surface area contributed by atoms with E-state index in [4.69, 9.17) is 10.8 Å². The molecule has 1 amide bonds. The highest BCUT2D eigenvalue weighted by molar-refractivity contribution is 5.95. The number of nitrogen functional groups attached to an aromatic ring is 1. The third-order valence-corrected chi connectivity index (χ3v) is 3.28. The molecule has 7 nitrogen and oxygen atoms in total. The van der Waals surface area contributed by atoms with Crippen LogP contribution in [0, 0.1) is 0 Å². The molecule has 1 saturated heterocycles. The van der Waals surface area contributed by atoms with Crippen molar-refractivity contribution in [3.05, 3.63) is 17.8 Å². The van der Waals surface area contributed by atoms with Gasteiger partial charge in [0.25, 0.3) is 0 Å². The molecule has 0 aliphatic carbocycles. The van der Waals surface area contributed by atoms with E-state index in [9.17, 15) is 9.59 Å². The first kappa shape index (κ1) is 14.1. The maximum absolute atomic E-state index is 12.2. The number of carbonyl (C=O) groups excluding carboxylic acids is 1. The molecule has 1 aromatic heterocycles. The normalized spacial score (nSPS) is 15.9. The molecule has 0 radical (unpaired) electrons. The van der Waals surface area contributed by atoms with E-state index < -0.39 is 12.0 Å². The number of aromatic carboxylic acids is 1. The van der Waals surface area contributed by atoms with Crippen LogP contribution in [0.2, 0.25) is 0 Å². The maximum Gasteiger partial charge on any atom is 0.339 e. The zero-order valence-corrected chi connectivity index (χ0v) is 11.3. The van der Waals surface area contributed by atoms with Crippen molar-refractivity contribution >= 4 is 23.4 Å². The summed E-state index contributed by atoms with van der Waals surface area (Å²) in [5.41, 5.74) is 5.76. The lowest BCUT2D eigenvalue weighted by atomic mass is 10.2. The van der Waals surface area contributed by atoms with Crippen LogP contribution in [-0.4, -0.2) is 46.0 Å². The van der Waals surface area contributed by atoms with E-state index in [2.05, 4.69) is 10.3 Å². The number of aromatic nitrogens is 1. The number of carboxylic acids is 1. The van der Waals surface area contributed by atoms with E-state index in [1.807, 2.05) is 0 Å². The van der Waals surface area contributed by atoms with Crippen LogP contribution in [0.3, 0.4) is 0 Å². The molecule has 1 aliphatic rings. The van der Waals surface area contributed by atoms with E-state index >= 15 is 0 Å². The number of nitrogens with one attached hydrogen (secondary N) is 1. The number of hydrogen-bond donors (Lipinski definition) is 3. The van der Waals surface area contributed by atoms with Crippen LogP contribution in [0.1, 0.15) is 30.1 Å². The summed E-state index contributed by atoms with van der Waals surface area (Å²) in [5, 5.41) is 12.0. The van der Waals surface area contributed by atoms with Gasteiger partial charge in [-0.1, -0.05) is 0 Å². The van der Waals surface area contributed by atoms with Crippen molar-refractivity contribution in [2.24, 2.45) is 0 Å².